The van der Waals surface area contributed by atoms with Gasteiger partial charge in [-0.05, 0) is 53.6 Å². The van der Waals surface area contributed by atoms with Crippen molar-refractivity contribution in [1.82, 2.24) is 5.32 Å². The number of fused-ring (bicyclic) bond motifs is 1. The van der Waals surface area contributed by atoms with Crippen LogP contribution in [0.4, 0.5) is 5.69 Å². The fraction of sp³-hybridized carbons (Fsp3) is 0.190. The minimum atomic E-state index is -3.66. The second kappa shape index (κ2) is 8.20. The Bertz CT molecular complexity index is 1100. The van der Waals surface area contributed by atoms with Crippen LogP contribution >= 0.6 is 11.6 Å². The van der Waals surface area contributed by atoms with Gasteiger partial charge in [0.15, 0.2) is 0 Å². The largest absolute Gasteiger partial charge is 0.350 e. The average molecular weight is 417 g/mol. The summed E-state index contributed by atoms with van der Waals surface area (Å²) in [5, 5.41) is 5.52. The van der Waals surface area contributed by atoms with E-state index in [0.717, 1.165) is 26.9 Å². The number of hydrogen-bond donors (Lipinski definition) is 1. The van der Waals surface area contributed by atoms with E-state index in [1.165, 1.54) is 0 Å². The minimum Gasteiger partial charge on any atom is -0.350 e. The van der Waals surface area contributed by atoms with Crippen molar-refractivity contribution in [3.8, 4) is 0 Å². The summed E-state index contributed by atoms with van der Waals surface area (Å²) < 4.78 is 25.7. The summed E-state index contributed by atoms with van der Waals surface area (Å²) in [6, 6.07) is 19.4. The molecule has 3 rings (SSSR count). The van der Waals surface area contributed by atoms with E-state index in [9.17, 15) is 13.2 Å². The van der Waals surface area contributed by atoms with Crippen LogP contribution in [0.3, 0.4) is 0 Å². The lowest BCUT2D eigenvalue weighted by atomic mass is 10.1. The van der Waals surface area contributed by atoms with Crippen molar-refractivity contribution in [3.63, 3.8) is 0 Å². The number of amides is 1. The molecule has 0 saturated heterocycles. The molecule has 1 atom stereocenters. The number of carbonyl (C=O) groups excluding carboxylic acids is 1. The Balaban J connectivity index is 1.76. The summed E-state index contributed by atoms with van der Waals surface area (Å²) in [4.78, 5) is 12.7. The third-order valence-electron chi connectivity index (χ3n) is 4.45. The molecule has 5 nitrogen and oxygen atoms in total. The van der Waals surface area contributed by atoms with Crippen molar-refractivity contribution in [3.05, 3.63) is 77.3 Å². The molecule has 0 bridgehead atoms. The van der Waals surface area contributed by atoms with Gasteiger partial charge >= 0.3 is 0 Å². The molecule has 0 aliphatic carbocycles. The standard InChI is InChI=1S/C21H21ClN2O3S/c1-15(24(28(2,26)27)20-11-9-19(22)10-12-20)21(25)23-14-16-7-8-17-5-3-4-6-18(17)13-16/h3-13,15H,14H2,1-2H3,(H,23,25)/t15-/m1/s1. The number of hydrogen-bond acceptors (Lipinski definition) is 3. The van der Waals surface area contributed by atoms with Crippen LogP contribution in [0.2, 0.25) is 5.02 Å². The molecule has 0 saturated carbocycles. The Kier molecular flexibility index (Phi) is 5.91. The van der Waals surface area contributed by atoms with Crippen LogP contribution in [0.1, 0.15) is 12.5 Å². The van der Waals surface area contributed by atoms with Gasteiger partial charge in [-0.2, -0.15) is 0 Å². The molecule has 0 heterocycles. The highest BCUT2D eigenvalue weighted by molar-refractivity contribution is 7.92. The molecule has 146 valence electrons. The van der Waals surface area contributed by atoms with E-state index in [1.807, 2.05) is 42.5 Å². The summed E-state index contributed by atoms with van der Waals surface area (Å²) in [6.45, 7) is 1.87. The van der Waals surface area contributed by atoms with Gasteiger partial charge in [0.2, 0.25) is 15.9 Å². The van der Waals surface area contributed by atoms with Crippen LogP contribution < -0.4 is 9.62 Å². The van der Waals surface area contributed by atoms with Crippen molar-refractivity contribution in [2.24, 2.45) is 0 Å². The lowest BCUT2D eigenvalue weighted by Gasteiger charge is -2.28. The maximum Gasteiger partial charge on any atom is 0.243 e. The molecular weight excluding hydrogens is 396 g/mol. The fourth-order valence-electron chi connectivity index (χ4n) is 3.08. The molecule has 0 spiro atoms. The highest BCUT2D eigenvalue weighted by atomic mass is 35.5. The van der Waals surface area contributed by atoms with Gasteiger partial charge in [0.1, 0.15) is 6.04 Å². The van der Waals surface area contributed by atoms with Gasteiger partial charge in [0.25, 0.3) is 0 Å². The predicted octanol–water partition coefficient (Wildman–Crippen LogP) is 3.96. The van der Waals surface area contributed by atoms with E-state index < -0.39 is 16.1 Å². The first kappa shape index (κ1) is 20.2. The average Bonchev–Trinajstić information content (AvgIpc) is 2.66. The zero-order valence-corrected chi connectivity index (χ0v) is 17.2. The van der Waals surface area contributed by atoms with E-state index in [1.54, 1.807) is 31.2 Å². The number of carbonyl (C=O) groups is 1. The Morgan fingerprint density at radius 2 is 1.68 bits per heavy atom. The lowest BCUT2D eigenvalue weighted by molar-refractivity contribution is -0.122. The first-order valence-electron chi connectivity index (χ1n) is 8.76. The number of rotatable bonds is 6. The normalized spacial score (nSPS) is 12.5. The molecule has 3 aromatic carbocycles. The zero-order chi connectivity index (χ0) is 20.3. The Morgan fingerprint density at radius 1 is 1.04 bits per heavy atom. The van der Waals surface area contributed by atoms with Gasteiger partial charge in [-0.3, -0.25) is 9.10 Å². The van der Waals surface area contributed by atoms with Gasteiger partial charge in [-0.25, -0.2) is 8.42 Å². The molecule has 0 aliphatic heterocycles. The maximum absolute atomic E-state index is 12.7. The Morgan fingerprint density at radius 3 is 2.32 bits per heavy atom. The van der Waals surface area contributed by atoms with Crippen molar-refractivity contribution in [2.75, 3.05) is 10.6 Å². The third-order valence-corrected chi connectivity index (χ3v) is 5.94. The summed E-state index contributed by atoms with van der Waals surface area (Å²) in [7, 11) is -3.66. The Hall–Kier alpha value is -2.57. The van der Waals surface area contributed by atoms with Crippen LogP contribution in [0.15, 0.2) is 66.7 Å². The zero-order valence-electron chi connectivity index (χ0n) is 15.6. The van der Waals surface area contributed by atoms with E-state index >= 15 is 0 Å². The van der Waals surface area contributed by atoms with E-state index in [0.29, 0.717) is 17.3 Å². The molecule has 0 radical (unpaired) electrons. The monoisotopic (exact) mass is 416 g/mol. The van der Waals surface area contributed by atoms with Crippen molar-refractivity contribution >= 4 is 44.0 Å². The van der Waals surface area contributed by atoms with E-state index in [4.69, 9.17) is 11.6 Å². The molecule has 0 fully saturated rings. The number of halogens is 1. The maximum atomic E-state index is 12.7. The van der Waals surface area contributed by atoms with Crippen LogP contribution in [-0.2, 0) is 21.4 Å². The number of benzene rings is 3. The number of nitrogens with zero attached hydrogens (tertiary/aromatic N) is 1. The van der Waals surface area contributed by atoms with Crippen LogP contribution in [-0.4, -0.2) is 26.6 Å². The summed E-state index contributed by atoms with van der Waals surface area (Å²) in [5.74, 6) is -0.381. The lowest BCUT2D eigenvalue weighted by Crippen LogP contribution is -2.47. The molecule has 0 aromatic heterocycles. The topological polar surface area (TPSA) is 66.5 Å². The van der Waals surface area contributed by atoms with Crippen LogP contribution in [0.5, 0.6) is 0 Å². The molecule has 3 aromatic rings. The smallest absolute Gasteiger partial charge is 0.243 e. The second-order valence-electron chi connectivity index (χ2n) is 6.61. The van der Waals surface area contributed by atoms with Gasteiger partial charge in [0, 0.05) is 11.6 Å². The van der Waals surface area contributed by atoms with Crippen LogP contribution in [0.25, 0.3) is 10.8 Å². The highest BCUT2D eigenvalue weighted by Gasteiger charge is 2.28. The molecule has 1 N–H and O–H groups in total. The molecular formula is C21H21ClN2O3S. The summed E-state index contributed by atoms with van der Waals surface area (Å²) in [5.41, 5.74) is 1.33. The molecule has 0 unspecified atom stereocenters. The molecule has 1 amide bonds. The first-order chi connectivity index (χ1) is 13.3. The molecule has 7 heteroatoms. The number of nitrogens with one attached hydrogen (secondary N) is 1. The Labute approximate surface area is 170 Å². The second-order valence-corrected chi connectivity index (χ2v) is 8.91. The summed E-state index contributed by atoms with van der Waals surface area (Å²) in [6.07, 6.45) is 1.08. The van der Waals surface area contributed by atoms with Gasteiger partial charge in [-0.1, -0.05) is 48.0 Å². The minimum absolute atomic E-state index is 0.312. The predicted molar refractivity (Wildman–Crippen MR) is 114 cm³/mol. The number of sulfonamides is 1. The van der Waals surface area contributed by atoms with Gasteiger partial charge in [-0.15, -0.1) is 0 Å². The first-order valence-corrected chi connectivity index (χ1v) is 11.0. The quantitative estimate of drug-likeness (QED) is 0.661. The number of anilines is 1. The van der Waals surface area contributed by atoms with Gasteiger partial charge in [0.05, 0.1) is 11.9 Å². The van der Waals surface area contributed by atoms with Crippen molar-refractivity contribution in [2.45, 2.75) is 19.5 Å². The van der Waals surface area contributed by atoms with Crippen LogP contribution in [0, 0.1) is 0 Å². The fourth-order valence-corrected chi connectivity index (χ4v) is 4.38. The van der Waals surface area contributed by atoms with E-state index in [2.05, 4.69) is 5.32 Å². The molecule has 28 heavy (non-hydrogen) atoms. The SMILES string of the molecule is C[C@H](C(=O)NCc1ccc2ccccc2c1)N(c1ccc(Cl)cc1)S(C)(=O)=O. The van der Waals surface area contributed by atoms with Crippen molar-refractivity contribution < 1.29 is 13.2 Å². The van der Waals surface area contributed by atoms with Gasteiger partial charge < -0.3 is 5.32 Å². The van der Waals surface area contributed by atoms with E-state index in [-0.39, 0.29) is 5.91 Å². The van der Waals surface area contributed by atoms with Crippen molar-refractivity contribution in [1.29, 1.82) is 0 Å². The highest BCUT2D eigenvalue weighted by Crippen LogP contribution is 2.23. The summed E-state index contributed by atoms with van der Waals surface area (Å²) >= 11 is 5.88. The molecule has 0 aliphatic rings. The third kappa shape index (κ3) is 4.64.